The van der Waals surface area contributed by atoms with Gasteiger partial charge in [0.1, 0.15) is 5.60 Å². The Balaban J connectivity index is 2.13. The smallest absolute Gasteiger partial charge is 0.410 e. The van der Waals surface area contributed by atoms with E-state index >= 15 is 0 Å². The van der Waals surface area contributed by atoms with Gasteiger partial charge in [0, 0.05) is 12.2 Å². The maximum atomic E-state index is 12.1. The molecule has 1 amide bonds. The van der Waals surface area contributed by atoms with E-state index < -0.39 is 5.60 Å². The van der Waals surface area contributed by atoms with Crippen LogP contribution in [0.5, 0.6) is 0 Å². The van der Waals surface area contributed by atoms with Gasteiger partial charge < -0.3 is 9.72 Å². The minimum atomic E-state index is -0.454. The number of nitrogens with one attached hydrogen (secondary N) is 1. The van der Waals surface area contributed by atoms with E-state index in [-0.39, 0.29) is 12.1 Å². The number of carbonyl (C=O) groups is 1. The summed E-state index contributed by atoms with van der Waals surface area (Å²) in [6.07, 6.45) is 3.38. The second-order valence-electron chi connectivity index (χ2n) is 5.74. The highest BCUT2D eigenvalue weighted by molar-refractivity contribution is 5.69. The van der Waals surface area contributed by atoms with Crippen LogP contribution < -0.4 is 0 Å². The van der Waals surface area contributed by atoms with Crippen LogP contribution in [0, 0.1) is 6.92 Å². The van der Waals surface area contributed by atoms with E-state index in [2.05, 4.69) is 9.97 Å². The highest BCUT2D eigenvalue weighted by Crippen LogP contribution is 2.33. The maximum Gasteiger partial charge on any atom is 0.410 e. The first-order valence-electron chi connectivity index (χ1n) is 6.38. The molecule has 0 radical (unpaired) electrons. The van der Waals surface area contributed by atoms with Crippen molar-refractivity contribution in [2.75, 3.05) is 6.54 Å². The molecule has 0 spiro atoms. The lowest BCUT2D eigenvalue weighted by atomic mass is 10.1. The van der Waals surface area contributed by atoms with Gasteiger partial charge in [0.2, 0.25) is 0 Å². The van der Waals surface area contributed by atoms with Crippen LogP contribution >= 0.6 is 0 Å². The van der Waals surface area contributed by atoms with E-state index in [1.54, 1.807) is 11.2 Å². The molecular weight excluding hydrogens is 230 g/mol. The first-order chi connectivity index (χ1) is 8.38. The largest absolute Gasteiger partial charge is 0.444 e. The van der Waals surface area contributed by atoms with Gasteiger partial charge in [-0.3, -0.25) is 4.90 Å². The summed E-state index contributed by atoms with van der Waals surface area (Å²) in [7, 11) is 0. The number of likely N-dealkylation sites (tertiary alicyclic amines) is 1. The molecule has 18 heavy (non-hydrogen) atoms. The molecule has 0 unspecified atom stereocenters. The van der Waals surface area contributed by atoms with Gasteiger partial charge in [-0.25, -0.2) is 9.78 Å². The van der Waals surface area contributed by atoms with Gasteiger partial charge in [0.15, 0.2) is 0 Å². The summed E-state index contributed by atoms with van der Waals surface area (Å²) in [4.78, 5) is 21.3. The molecule has 1 aromatic rings. The van der Waals surface area contributed by atoms with E-state index in [1.807, 2.05) is 27.7 Å². The van der Waals surface area contributed by atoms with Crippen LogP contribution in [0.15, 0.2) is 6.33 Å². The normalized spacial score (nSPS) is 20.2. The van der Waals surface area contributed by atoms with Gasteiger partial charge in [-0.05, 0) is 40.5 Å². The fraction of sp³-hybridized carbons (Fsp3) is 0.692. The number of rotatable bonds is 1. The Hall–Kier alpha value is -1.52. The molecule has 5 heteroatoms. The van der Waals surface area contributed by atoms with Crippen LogP contribution in [0.1, 0.15) is 51.0 Å². The lowest BCUT2D eigenvalue weighted by Crippen LogP contribution is -2.36. The van der Waals surface area contributed by atoms with Crippen molar-refractivity contribution in [3.63, 3.8) is 0 Å². The second kappa shape index (κ2) is 4.63. The summed E-state index contributed by atoms with van der Waals surface area (Å²) in [6.45, 7) is 8.38. The van der Waals surface area contributed by atoms with Gasteiger partial charge in [0.05, 0.1) is 18.1 Å². The van der Waals surface area contributed by atoms with Crippen molar-refractivity contribution in [2.45, 2.75) is 52.2 Å². The van der Waals surface area contributed by atoms with Crippen LogP contribution in [0.2, 0.25) is 0 Å². The maximum absolute atomic E-state index is 12.1. The first-order valence-corrected chi connectivity index (χ1v) is 6.38. The third-order valence-electron chi connectivity index (χ3n) is 3.07. The summed E-state index contributed by atoms with van der Waals surface area (Å²) in [5.74, 6) is 0. The monoisotopic (exact) mass is 251 g/mol. The van der Waals surface area contributed by atoms with Gasteiger partial charge in [0.25, 0.3) is 0 Å². The van der Waals surface area contributed by atoms with E-state index in [4.69, 9.17) is 4.74 Å². The van der Waals surface area contributed by atoms with Gasteiger partial charge in [-0.1, -0.05) is 0 Å². The average Bonchev–Trinajstić information content (AvgIpc) is 2.82. The van der Waals surface area contributed by atoms with Crippen LogP contribution in [0.4, 0.5) is 4.79 Å². The lowest BCUT2D eigenvalue weighted by Gasteiger charge is -2.28. The van der Waals surface area contributed by atoms with Crippen molar-refractivity contribution in [2.24, 2.45) is 0 Å². The molecule has 1 aromatic heterocycles. The van der Waals surface area contributed by atoms with Crippen LogP contribution in [-0.2, 0) is 4.74 Å². The number of imidazole rings is 1. The van der Waals surface area contributed by atoms with Crippen molar-refractivity contribution in [3.8, 4) is 0 Å². The van der Waals surface area contributed by atoms with Gasteiger partial charge in [-0.15, -0.1) is 0 Å². The number of amides is 1. The molecule has 2 rings (SSSR count). The topological polar surface area (TPSA) is 58.2 Å². The summed E-state index contributed by atoms with van der Waals surface area (Å²) in [5.41, 5.74) is 1.53. The Labute approximate surface area is 108 Å². The van der Waals surface area contributed by atoms with E-state index in [0.29, 0.717) is 0 Å². The third kappa shape index (κ3) is 2.66. The standard InChI is InChI=1S/C13H21N3O2/c1-9-11(15-8-14-9)10-6-5-7-16(10)12(17)18-13(2,3)4/h8,10H,5-7H2,1-4H3,(H,14,15)/t10-/m0/s1. The number of hydrogen-bond donors (Lipinski definition) is 1. The zero-order chi connectivity index (χ0) is 13.3. The number of H-pyrrole nitrogens is 1. The number of ether oxygens (including phenoxy) is 1. The number of aromatic amines is 1. The van der Waals surface area contributed by atoms with Crippen molar-refractivity contribution in [3.05, 3.63) is 17.7 Å². The zero-order valence-corrected chi connectivity index (χ0v) is 11.5. The molecule has 1 fully saturated rings. The summed E-state index contributed by atoms with van der Waals surface area (Å²) < 4.78 is 5.44. The number of aromatic nitrogens is 2. The van der Waals surface area contributed by atoms with Crippen LogP contribution in [0.25, 0.3) is 0 Å². The number of carbonyl (C=O) groups excluding carboxylic acids is 1. The average molecular weight is 251 g/mol. The summed E-state index contributed by atoms with van der Waals surface area (Å²) in [5, 5.41) is 0. The molecule has 1 N–H and O–H groups in total. The van der Waals surface area contributed by atoms with E-state index in [9.17, 15) is 4.79 Å². The predicted octanol–water partition coefficient (Wildman–Crippen LogP) is 2.79. The Kier molecular flexibility index (Phi) is 3.32. The molecule has 1 atom stereocenters. The molecule has 100 valence electrons. The fourth-order valence-electron chi connectivity index (χ4n) is 2.30. The molecule has 1 saturated heterocycles. The van der Waals surface area contributed by atoms with Crippen molar-refractivity contribution >= 4 is 6.09 Å². The second-order valence-corrected chi connectivity index (χ2v) is 5.74. The van der Waals surface area contributed by atoms with Crippen molar-refractivity contribution < 1.29 is 9.53 Å². The highest BCUT2D eigenvalue weighted by Gasteiger charge is 2.34. The van der Waals surface area contributed by atoms with Crippen LogP contribution in [-0.4, -0.2) is 33.1 Å². The van der Waals surface area contributed by atoms with E-state index in [0.717, 1.165) is 30.8 Å². The SMILES string of the molecule is Cc1[nH]cnc1[C@@H]1CCCN1C(=O)OC(C)(C)C. The highest BCUT2D eigenvalue weighted by atomic mass is 16.6. The molecule has 1 aliphatic rings. The summed E-state index contributed by atoms with van der Waals surface area (Å²) in [6, 6.07) is 0.0473. The Morgan fingerprint density at radius 3 is 2.83 bits per heavy atom. The van der Waals surface area contributed by atoms with Gasteiger partial charge in [-0.2, -0.15) is 0 Å². The summed E-state index contributed by atoms with van der Waals surface area (Å²) >= 11 is 0. The van der Waals surface area contributed by atoms with Gasteiger partial charge >= 0.3 is 6.09 Å². The molecule has 0 saturated carbocycles. The number of nitrogens with zero attached hydrogens (tertiary/aromatic N) is 2. The molecule has 5 nitrogen and oxygen atoms in total. The lowest BCUT2D eigenvalue weighted by molar-refractivity contribution is 0.0221. The molecular formula is C13H21N3O2. The molecule has 0 bridgehead atoms. The Bertz CT molecular complexity index is 434. The third-order valence-corrected chi connectivity index (χ3v) is 3.07. The first kappa shape index (κ1) is 12.9. The molecule has 0 aromatic carbocycles. The Morgan fingerprint density at radius 1 is 1.56 bits per heavy atom. The van der Waals surface area contributed by atoms with Crippen LogP contribution in [0.3, 0.4) is 0 Å². The molecule has 2 heterocycles. The quantitative estimate of drug-likeness (QED) is 0.835. The zero-order valence-electron chi connectivity index (χ0n) is 11.5. The van der Waals surface area contributed by atoms with Crippen molar-refractivity contribution in [1.82, 2.24) is 14.9 Å². The minimum Gasteiger partial charge on any atom is -0.444 e. The number of hydrogen-bond acceptors (Lipinski definition) is 3. The Morgan fingerprint density at radius 2 is 2.28 bits per heavy atom. The fourth-order valence-corrected chi connectivity index (χ4v) is 2.30. The van der Waals surface area contributed by atoms with Crippen molar-refractivity contribution in [1.29, 1.82) is 0 Å². The predicted molar refractivity (Wildman–Crippen MR) is 68.2 cm³/mol. The molecule has 1 aliphatic heterocycles. The minimum absolute atomic E-state index is 0.0473. The molecule has 0 aliphatic carbocycles. The number of aryl methyl sites for hydroxylation is 1. The van der Waals surface area contributed by atoms with E-state index in [1.165, 1.54) is 0 Å².